The molecule has 0 amide bonds. The summed E-state index contributed by atoms with van der Waals surface area (Å²) in [4.78, 5) is 17.9. The van der Waals surface area contributed by atoms with Gasteiger partial charge in [-0.3, -0.25) is 14.9 Å². The van der Waals surface area contributed by atoms with Crippen molar-refractivity contribution in [3.63, 3.8) is 0 Å². The topological polar surface area (TPSA) is 92.3 Å². The minimum Gasteiger partial charge on any atom is -0.375 e. The highest BCUT2D eigenvalue weighted by Crippen LogP contribution is 2.23. The van der Waals surface area contributed by atoms with Crippen LogP contribution in [0, 0.1) is 0 Å². The lowest BCUT2D eigenvalue weighted by Gasteiger charge is -2.14. The highest BCUT2D eigenvalue weighted by molar-refractivity contribution is 7.80. The van der Waals surface area contributed by atoms with Crippen molar-refractivity contribution < 1.29 is 0 Å². The second kappa shape index (κ2) is 8.76. The molecule has 0 bridgehead atoms. The number of nitrogens with zero attached hydrogens (tertiary/aromatic N) is 4. The highest BCUT2D eigenvalue weighted by atomic mass is 32.1. The zero-order valence-corrected chi connectivity index (χ0v) is 17.6. The van der Waals surface area contributed by atoms with Crippen LogP contribution in [0.25, 0.3) is 16.9 Å². The lowest BCUT2D eigenvalue weighted by Crippen LogP contribution is -2.30. The van der Waals surface area contributed by atoms with E-state index in [9.17, 15) is 4.79 Å². The quantitative estimate of drug-likeness (QED) is 0.289. The first-order chi connectivity index (χ1) is 15.1. The van der Waals surface area contributed by atoms with Gasteiger partial charge in [0.2, 0.25) is 0 Å². The van der Waals surface area contributed by atoms with Gasteiger partial charge in [-0.05, 0) is 36.5 Å². The molecule has 154 valence electrons. The van der Waals surface area contributed by atoms with Crippen LogP contribution in [0.3, 0.4) is 0 Å². The molecule has 0 aliphatic rings. The molecule has 4 aromatic rings. The molecule has 0 aliphatic carbocycles. The molecule has 0 spiro atoms. The van der Waals surface area contributed by atoms with Crippen LogP contribution < -0.4 is 11.3 Å². The van der Waals surface area contributed by atoms with Gasteiger partial charge in [0.15, 0.2) is 5.11 Å². The van der Waals surface area contributed by atoms with Crippen molar-refractivity contribution in [1.82, 2.24) is 19.8 Å². The average Bonchev–Trinajstić information content (AvgIpc) is 3.15. The molecular formula is C23H20N6OS. The van der Waals surface area contributed by atoms with Crippen LogP contribution in [0.15, 0.2) is 95.1 Å². The Bertz CT molecular complexity index is 1280. The fourth-order valence-electron chi connectivity index (χ4n) is 3.18. The summed E-state index contributed by atoms with van der Waals surface area (Å²) in [7, 11) is 1.64. The number of aromatic nitrogens is 3. The molecule has 0 fully saturated rings. The summed E-state index contributed by atoms with van der Waals surface area (Å²) in [6.45, 7) is 0. The standard InChI is InChI=1S/C23H20N6OS/c1-28(23(24)31)26-21(17-11-8-14-25-15-17)19-20(16-9-4-2-5-10-16)27-29(22(19)30)18-12-6-3-7-13-18/h2-15,27H,1H3,(H2,24,31). The maximum absolute atomic E-state index is 13.7. The predicted octanol–water partition coefficient (Wildman–Crippen LogP) is 3.16. The molecular weight excluding hydrogens is 408 g/mol. The van der Waals surface area contributed by atoms with E-state index in [1.165, 1.54) is 9.69 Å². The number of nitrogens with one attached hydrogen (secondary N) is 1. The largest absolute Gasteiger partial charge is 0.375 e. The van der Waals surface area contributed by atoms with Gasteiger partial charge >= 0.3 is 0 Å². The molecule has 3 N–H and O–H groups in total. The average molecular weight is 429 g/mol. The SMILES string of the molecule is CN(N=C(c1cccnc1)c1c(-c2ccccc2)[nH]n(-c2ccccc2)c1=O)C(N)=S. The Morgan fingerprint density at radius 3 is 2.35 bits per heavy atom. The summed E-state index contributed by atoms with van der Waals surface area (Å²) in [5.74, 6) is 0. The van der Waals surface area contributed by atoms with E-state index in [0.29, 0.717) is 28.2 Å². The van der Waals surface area contributed by atoms with E-state index in [1.54, 1.807) is 25.5 Å². The third-order valence-electron chi connectivity index (χ3n) is 4.71. The number of rotatable bonds is 5. The van der Waals surface area contributed by atoms with Gasteiger partial charge in [0.1, 0.15) is 5.71 Å². The first-order valence-electron chi connectivity index (χ1n) is 9.54. The lowest BCUT2D eigenvalue weighted by atomic mass is 10.0. The van der Waals surface area contributed by atoms with Gasteiger partial charge in [-0.1, -0.05) is 48.5 Å². The zero-order chi connectivity index (χ0) is 21.8. The molecule has 0 unspecified atom stereocenters. The van der Waals surface area contributed by atoms with Gasteiger partial charge in [0, 0.05) is 30.6 Å². The Morgan fingerprint density at radius 2 is 1.74 bits per heavy atom. The molecule has 0 radical (unpaired) electrons. The van der Waals surface area contributed by atoms with Crippen molar-refractivity contribution in [3.05, 3.63) is 107 Å². The molecule has 0 aliphatic heterocycles. The van der Waals surface area contributed by atoms with E-state index < -0.39 is 0 Å². The second-order valence-electron chi connectivity index (χ2n) is 6.76. The molecule has 4 rings (SSSR count). The van der Waals surface area contributed by atoms with Crippen LogP contribution in [-0.2, 0) is 0 Å². The van der Waals surface area contributed by atoms with E-state index in [4.69, 9.17) is 18.0 Å². The molecule has 0 saturated heterocycles. The molecule has 2 heterocycles. The van der Waals surface area contributed by atoms with E-state index in [2.05, 4.69) is 15.2 Å². The minimum atomic E-state index is -0.246. The molecule has 0 saturated carbocycles. The maximum atomic E-state index is 13.7. The van der Waals surface area contributed by atoms with Crippen LogP contribution >= 0.6 is 12.2 Å². The van der Waals surface area contributed by atoms with Crippen LogP contribution in [0.1, 0.15) is 11.1 Å². The first-order valence-corrected chi connectivity index (χ1v) is 9.95. The number of hydrazone groups is 1. The number of para-hydroxylation sites is 1. The maximum Gasteiger partial charge on any atom is 0.281 e. The van der Waals surface area contributed by atoms with Crippen molar-refractivity contribution in [1.29, 1.82) is 0 Å². The lowest BCUT2D eigenvalue weighted by molar-refractivity contribution is 0.549. The van der Waals surface area contributed by atoms with Crippen molar-refractivity contribution in [2.75, 3.05) is 7.05 Å². The van der Waals surface area contributed by atoms with Gasteiger partial charge in [-0.2, -0.15) is 5.10 Å². The van der Waals surface area contributed by atoms with Crippen LogP contribution in [0.5, 0.6) is 0 Å². The number of hydrogen-bond acceptors (Lipinski definition) is 4. The third-order valence-corrected chi connectivity index (χ3v) is 4.97. The zero-order valence-electron chi connectivity index (χ0n) is 16.8. The van der Waals surface area contributed by atoms with E-state index >= 15 is 0 Å². The smallest absolute Gasteiger partial charge is 0.281 e. The summed E-state index contributed by atoms with van der Waals surface area (Å²) in [5.41, 5.74) is 9.19. The second-order valence-corrected chi connectivity index (χ2v) is 7.17. The summed E-state index contributed by atoms with van der Waals surface area (Å²) in [5, 5.41) is 9.29. The number of H-pyrrole nitrogens is 1. The van der Waals surface area contributed by atoms with Crippen molar-refractivity contribution in [2.24, 2.45) is 10.8 Å². The Kier molecular flexibility index (Phi) is 5.72. The number of benzene rings is 2. The first kappa shape index (κ1) is 20.2. The molecule has 7 nitrogen and oxygen atoms in total. The van der Waals surface area contributed by atoms with Crippen molar-refractivity contribution >= 4 is 23.0 Å². The predicted molar refractivity (Wildman–Crippen MR) is 126 cm³/mol. The molecule has 8 heteroatoms. The van der Waals surface area contributed by atoms with Gasteiger partial charge in [0.25, 0.3) is 5.56 Å². The Morgan fingerprint density at radius 1 is 1.06 bits per heavy atom. The molecule has 0 atom stereocenters. The number of nitrogens with two attached hydrogens (primary N) is 1. The van der Waals surface area contributed by atoms with E-state index in [0.717, 1.165) is 5.56 Å². The van der Waals surface area contributed by atoms with Crippen LogP contribution in [-0.4, -0.2) is 37.6 Å². The van der Waals surface area contributed by atoms with Crippen molar-refractivity contribution in [2.45, 2.75) is 0 Å². The molecule has 2 aromatic heterocycles. The van der Waals surface area contributed by atoms with Crippen molar-refractivity contribution in [3.8, 4) is 16.9 Å². The fourth-order valence-corrected chi connectivity index (χ4v) is 3.22. The van der Waals surface area contributed by atoms with E-state index in [1.807, 2.05) is 66.7 Å². The molecule has 31 heavy (non-hydrogen) atoms. The highest BCUT2D eigenvalue weighted by Gasteiger charge is 2.23. The Hall–Kier alpha value is -4.04. The third kappa shape index (κ3) is 4.15. The van der Waals surface area contributed by atoms with Gasteiger partial charge in [-0.15, -0.1) is 0 Å². The summed E-state index contributed by atoms with van der Waals surface area (Å²) >= 11 is 5.07. The van der Waals surface area contributed by atoms with Crippen LogP contribution in [0.4, 0.5) is 0 Å². The number of pyridine rings is 1. The fraction of sp³-hybridized carbons (Fsp3) is 0.0435. The Labute approximate surface area is 184 Å². The minimum absolute atomic E-state index is 0.0848. The number of thiocarbonyl (C=S) groups is 1. The summed E-state index contributed by atoms with van der Waals surface area (Å²) in [6.07, 6.45) is 3.32. The van der Waals surface area contributed by atoms with Gasteiger partial charge < -0.3 is 5.73 Å². The number of aromatic amines is 1. The summed E-state index contributed by atoms with van der Waals surface area (Å²) < 4.78 is 1.50. The normalized spacial score (nSPS) is 11.3. The van der Waals surface area contributed by atoms with Gasteiger partial charge in [0.05, 0.1) is 16.9 Å². The summed E-state index contributed by atoms with van der Waals surface area (Å²) in [6, 6.07) is 22.6. The van der Waals surface area contributed by atoms with Crippen LogP contribution in [0.2, 0.25) is 0 Å². The number of hydrogen-bond donors (Lipinski definition) is 2. The monoisotopic (exact) mass is 428 g/mol. The Balaban J connectivity index is 2.04. The van der Waals surface area contributed by atoms with Gasteiger partial charge in [-0.25, -0.2) is 9.69 Å². The van der Waals surface area contributed by atoms with E-state index in [-0.39, 0.29) is 10.7 Å². The molecule has 2 aromatic carbocycles.